The number of carbonyl (C=O) groups is 2. The van der Waals surface area contributed by atoms with Gasteiger partial charge >= 0.3 is 12.2 Å². The maximum atomic E-state index is 13.0. The molecule has 0 fully saturated rings. The summed E-state index contributed by atoms with van der Waals surface area (Å²) in [7, 11) is 0. The summed E-state index contributed by atoms with van der Waals surface area (Å²) in [6.07, 6.45) is -4.30. The molecule has 0 saturated heterocycles. The average molecular weight is 363 g/mol. The first kappa shape index (κ1) is 17.8. The smallest absolute Gasteiger partial charge is 0.331 e. The molecule has 3 rings (SSSR count). The number of carbonyl (C=O) groups excluding carboxylic acids is 2. The highest BCUT2D eigenvalue weighted by molar-refractivity contribution is 5.99. The highest BCUT2D eigenvalue weighted by atomic mass is 19.4. The minimum Gasteiger partial charge on any atom is -0.331 e. The first-order valence-electron chi connectivity index (χ1n) is 7.90. The SMILES string of the molecule is C[C@H](NC(=O)Nc1ccccc1C(F)(F)F)c1ccc2c(c1)CC(=O)N2. The number of rotatable bonds is 3. The number of urea groups is 1. The molecule has 1 aliphatic rings. The summed E-state index contributed by atoms with van der Waals surface area (Å²) < 4.78 is 38.9. The van der Waals surface area contributed by atoms with E-state index in [0.717, 1.165) is 22.9 Å². The number of hydrogen-bond acceptors (Lipinski definition) is 2. The zero-order valence-corrected chi connectivity index (χ0v) is 13.8. The van der Waals surface area contributed by atoms with Gasteiger partial charge in [-0.15, -0.1) is 0 Å². The van der Waals surface area contributed by atoms with Crippen LogP contribution in [-0.4, -0.2) is 11.9 Å². The maximum Gasteiger partial charge on any atom is 0.418 e. The summed E-state index contributed by atoms with van der Waals surface area (Å²) in [5, 5.41) is 7.56. The van der Waals surface area contributed by atoms with Gasteiger partial charge in [0.15, 0.2) is 0 Å². The van der Waals surface area contributed by atoms with Gasteiger partial charge < -0.3 is 16.0 Å². The Labute approximate surface area is 147 Å². The summed E-state index contributed by atoms with van der Waals surface area (Å²) in [4.78, 5) is 23.5. The van der Waals surface area contributed by atoms with E-state index in [2.05, 4.69) is 16.0 Å². The second-order valence-corrected chi connectivity index (χ2v) is 6.01. The number of halogens is 3. The van der Waals surface area contributed by atoms with Crippen molar-refractivity contribution < 1.29 is 22.8 Å². The monoisotopic (exact) mass is 363 g/mol. The van der Waals surface area contributed by atoms with Crippen LogP contribution >= 0.6 is 0 Å². The van der Waals surface area contributed by atoms with Gasteiger partial charge in [-0.05, 0) is 36.2 Å². The lowest BCUT2D eigenvalue weighted by Gasteiger charge is -2.18. The van der Waals surface area contributed by atoms with Crippen LogP contribution in [0.1, 0.15) is 29.7 Å². The van der Waals surface area contributed by atoms with Crippen molar-refractivity contribution in [2.24, 2.45) is 0 Å². The normalized spacial score (nSPS) is 14.4. The molecule has 26 heavy (non-hydrogen) atoms. The van der Waals surface area contributed by atoms with Crippen molar-refractivity contribution in [2.45, 2.75) is 25.6 Å². The van der Waals surface area contributed by atoms with Crippen molar-refractivity contribution in [3.05, 3.63) is 59.2 Å². The summed E-state index contributed by atoms with van der Waals surface area (Å²) in [6, 6.07) is 8.86. The van der Waals surface area contributed by atoms with Crippen LogP contribution in [0.2, 0.25) is 0 Å². The second kappa shape index (κ2) is 6.70. The Bertz CT molecular complexity index is 865. The van der Waals surface area contributed by atoms with Crippen LogP contribution in [0, 0.1) is 0 Å². The molecular formula is C18H16F3N3O2. The van der Waals surface area contributed by atoms with E-state index in [4.69, 9.17) is 0 Å². The summed E-state index contributed by atoms with van der Waals surface area (Å²) in [5.74, 6) is -0.0979. The van der Waals surface area contributed by atoms with Gasteiger partial charge in [0.05, 0.1) is 23.7 Å². The first-order chi connectivity index (χ1) is 12.2. The van der Waals surface area contributed by atoms with E-state index in [1.807, 2.05) is 0 Å². The Morgan fingerprint density at radius 1 is 1.19 bits per heavy atom. The lowest BCUT2D eigenvalue weighted by atomic mass is 10.0. The molecule has 0 spiro atoms. The van der Waals surface area contributed by atoms with E-state index in [1.165, 1.54) is 18.2 Å². The number of para-hydroxylation sites is 1. The van der Waals surface area contributed by atoms with Gasteiger partial charge in [0.25, 0.3) is 0 Å². The van der Waals surface area contributed by atoms with Gasteiger partial charge in [0.2, 0.25) is 5.91 Å². The fourth-order valence-corrected chi connectivity index (χ4v) is 2.80. The molecule has 2 aromatic rings. The van der Waals surface area contributed by atoms with Crippen molar-refractivity contribution in [3.8, 4) is 0 Å². The Balaban J connectivity index is 1.70. The fraction of sp³-hybridized carbons (Fsp3) is 0.222. The standard InChI is InChI=1S/C18H16F3N3O2/c1-10(11-6-7-14-12(8-11)9-16(25)23-14)22-17(26)24-15-5-3-2-4-13(15)18(19,20)21/h2-8,10H,9H2,1H3,(H,23,25)(H2,22,24,26)/t10-/m0/s1. The molecule has 5 nitrogen and oxygen atoms in total. The number of benzene rings is 2. The predicted molar refractivity (Wildman–Crippen MR) is 90.8 cm³/mol. The van der Waals surface area contributed by atoms with Crippen LogP contribution < -0.4 is 16.0 Å². The van der Waals surface area contributed by atoms with E-state index in [9.17, 15) is 22.8 Å². The number of anilines is 2. The molecule has 1 heterocycles. The Morgan fingerprint density at radius 3 is 2.65 bits per heavy atom. The van der Waals surface area contributed by atoms with Crippen LogP contribution in [0.5, 0.6) is 0 Å². The molecule has 136 valence electrons. The topological polar surface area (TPSA) is 70.2 Å². The summed E-state index contributed by atoms with van der Waals surface area (Å²) >= 11 is 0. The predicted octanol–water partition coefficient (Wildman–Crippen LogP) is 4.08. The molecule has 3 N–H and O–H groups in total. The Morgan fingerprint density at radius 2 is 1.92 bits per heavy atom. The van der Waals surface area contributed by atoms with Crippen molar-refractivity contribution >= 4 is 23.3 Å². The van der Waals surface area contributed by atoms with Crippen molar-refractivity contribution in [1.82, 2.24) is 5.32 Å². The number of alkyl halides is 3. The van der Waals surface area contributed by atoms with Crippen molar-refractivity contribution in [3.63, 3.8) is 0 Å². The van der Waals surface area contributed by atoms with Crippen molar-refractivity contribution in [2.75, 3.05) is 10.6 Å². The quantitative estimate of drug-likeness (QED) is 0.769. The molecule has 0 unspecified atom stereocenters. The minimum absolute atomic E-state index is 0.0979. The molecule has 1 atom stereocenters. The molecule has 0 aromatic heterocycles. The van der Waals surface area contributed by atoms with Crippen LogP contribution in [0.15, 0.2) is 42.5 Å². The van der Waals surface area contributed by atoms with Gasteiger partial charge in [-0.25, -0.2) is 4.79 Å². The van der Waals surface area contributed by atoms with E-state index in [0.29, 0.717) is 0 Å². The van der Waals surface area contributed by atoms with E-state index in [1.54, 1.807) is 25.1 Å². The third kappa shape index (κ3) is 3.79. The van der Waals surface area contributed by atoms with E-state index < -0.39 is 23.8 Å². The third-order valence-electron chi connectivity index (χ3n) is 4.08. The number of nitrogens with one attached hydrogen (secondary N) is 3. The number of hydrogen-bond donors (Lipinski definition) is 3. The van der Waals surface area contributed by atoms with E-state index >= 15 is 0 Å². The summed E-state index contributed by atoms with van der Waals surface area (Å²) in [5.41, 5.74) is 1.08. The van der Waals surface area contributed by atoms with Crippen molar-refractivity contribution in [1.29, 1.82) is 0 Å². The van der Waals surface area contributed by atoms with Gasteiger partial charge in [0.1, 0.15) is 0 Å². The molecule has 0 radical (unpaired) electrons. The van der Waals surface area contributed by atoms with Crippen LogP contribution in [-0.2, 0) is 17.4 Å². The molecule has 3 amide bonds. The molecule has 0 aliphatic carbocycles. The molecular weight excluding hydrogens is 347 g/mol. The third-order valence-corrected chi connectivity index (χ3v) is 4.08. The van der Waals surface area contributed by atoms with Gasteiger partial charge in [-0.3, -0.25) is 4.79 Å². The molecule has 2 aromatic carbocycles. The van der Waals surface area contributed by atoms with E-state index in [-0.39, 0.29) is 18.0 Å². The minimum atomic E-state index is -4.56. The average Bonchev–Trinajstić information content (AvgIpc) is 2.93. The number of fused-ring (bicyclic) bond motifs is 1. The number of amides is 3. The van der Waals surface area contributed by atoms with Gasteiger partial charge in [0, 0.05) is 5.69 Å². The Hall–Kier alpha value is -3.03. The first-order valence-corrected chi connectivity index (χ1v) is 7.90. The van der Waals surface area contributed by atoms with Crippen LogP contribution in [0.3, 0.4) is 0 Å². The second-order valence-electron chi connectivity index (χ2n) is 6.01. The largest absolute Gasteiger partial charge is 0.418 e. The Kier molecular flexibility index (Phi) is 4.58. The van der Waals surface area contributed by atoms with Gasteiger partial charge in [-0.1, -0.05) is 24.3 Å². The van der Waals surface area contributed by atoms with Crippen LogP contribution in [0.4, 0.5) is 29.3 Å². The maximum absolute atomic E-state index is 13.0. The summed E-state index contributed by atoms with van der Waals surface area (Å²) in [6.45, 7) is 1.71. The highest BCUT2D eigenvalue weighted by Gasteiger charge is 2.33. The lowest BCUT2D eigenvalue weighted by Crippen LogP contribution is -2.32. The molecule has 8 heteroatoms. The van der Waals surface area contributed by atoms with Crippen LogP contribution in [0.25, 0.3) is 0 Å². The zero-order valence-electron chi connectivity index (χ0n) is 13.8. The zero-order chi connectivity index (χ0) is 18.9. The molecule has 0 bridgehead atoms. The van der Waals surface area contributed by atoms with Gasteiger partial charge in [-0.2, -0.15) is 13.2 Å². The highest BCUT2D eigenvalue weighted by Crippen LogP contribution is 2.34. The molecule has 1 aliphatic heterocycles. The fourth-order valence-electron chi connectivity index (χ4n) is 2.80. The molecule has 0 saturated carbocycles. The lowest BCUT2D eigenvalue weighted by molar-refractivity contribution is -0.136.